The fourth-order valence-corrected chi connectivity index (χ4v) is 3.82. The first-order valence-electron chi connectivity index (χ1n) is 7.45. The molecule has 1 aliphatic rings. The van der Waals surface area contributed by atoms with E-state index in [0.717, 1.165) is 11.3 Å². The molecule has 1 aromatic heterocycles. The number of fused-ring (bicyclic) bond motifs is 1. The summed E-state index contributed by atoms with van der Waals surface area (Å²) in [5.41, 5.74) is 1.38. The maximum absolute atomic E-state index is 6.10. The average Bonchev–Trinajstić information content (AvgIpc) is 3.06. The summed E-state index contributed by atoms with van der Waals surface area (Å²) in [6, 6.07) is 10.8. The Balaban J connectivity index is 2.01. The molecule has 0 saturated heterocycles. The molecular weight excluding hydrogens is 234 g/mol. The second-order valence-corrected chi connectivity index (χ2v) is 5.83. The molecule has 3 rings (SSSR count). The Morgan fingerprint density at radius 2 is 2.00 bits per heavy atom. The smallest absolute Gasteiger partial charge is 0.134 e. The summed E-state index contributed by atoms with van der Waals surface area (Å²) in [4.78, 5) is 0. The van der Waals surface area contributed by atoms with Crippen molar-refractivity contribution in [2.75, 3.05) is 7.05 Å². The molecule has 1 atom stereocenters. The van der Waals surface area contributed by atoms with Gasteiger partial charge in [0.2, 0.25) is 0 Å². The molecule has 1 heterocycles. The van der Waals surface area contributed by atoms with Gasteiger partial charge in [-0.15, -0.1) is 0 Å². The van der Waals surface area contributed by atoms with Gasteiger partial charge in [0.15, 0.2) is 0 Å². The highest BCUT2D eigenvalue weighted by Crippen LogP contribution is 2.50. The summed E-state index contributed by atoms with van der Waals surface area (Å²) in [7, 11) is 2.06. The molecule has 0 bridgehead atoms. The Hall–Kier alpha value is -1.28. The molecule has 1 aliphatic carbocycles. The highest BCUT2D eigenvalue weighted by molar-refractivity contribution is 5.77. The van der Waals surface area contributed by atoms with Gasteiger partial charge in [-0.1, -0.05) is 38.0 Å². The lowest BCUT2D eigenvalue weighted by Crippen LogP contribution is -2.33. The van der Waals surface area contributed by atoms with Crippen LogP contribution in [0.4, 0.5) is 0 Å². The summed E-state index contributed by atoms with van der Waals surface area (Å²) < 4.78 is 6.10. The van der Waals surface area contributed by atoms with Crippen LogP contribution in [0.3, 0.4) is 0 Å². The van der Waals surface area contributed by atoms with Crippen LogP contribution in [0.2, 0.25) is 0 Å². The molecule has 1 aromatic carbocycles. The third kappa shape index (κ3) is 2.08. The number of hydrogen-bond acceptors (Lipinski definition) is 2. The third-order valence-corrected chi connectivity index (χ3v) is 4.93. The first kappa shape index (κ1) is 12.7. The van der Waals surface area contributed by atoms with E-state index in [4.69, 9.17) is 4.42 Å². The number of rotatable bonds is 4. The second kappa shape index (κ2) is 5.01. The number of hydrogen-bond donors (Lipinski definition) is 1. The van der Waals surface area contributed by atoms with Gasteiger partial charge in [0.05, 0.1) is 6.04 Å². The largest absolute Gasteiger partial charge is 0.459 e. The monoisotopic (exact) mass is 257 g/mol. The average molecular weight is 257 g/mol. The second-order valence-electron chi connectivity index (χ2n) is 5.83. The predicted octanol–water partition coefficient (Wildman–Crippen LogP) is 4.66. The molecule has 0 amide bonds. The Bertz CT molecular complexity index is 518. The molecule has 1 unspecified atom stereocenters. The number of benzene rings is 1. The van der Waals surface area contributed by atoms with Crippen molar-refractivity contribution in [1.82, 2.24) is 5.32 Å². The molecular formula is C17H23NO. The third-order valence-electron chi connectivity index (χ3n) is 4.93. The molecule has 19 heavy (non-hydrogen) atoms. The van der Waals surface area contributed by atoms with Crippen molar-refractivity contribution in [2.24, 2.45) is 5.41 Å². The highest BCUT2D eigenvalue weighted by Gasteiger charge is 2.41. The fourth-order valence-electron chi connectivity index (χ4n) is 3.82. The number of nitrogens with one attached hydrogen (secondary N) is 1. The molecule has 102 valence electrons. The van der Waals surface area contributed by atoms with Crippen molar-refractivity contribution in [1.29, 1.82) is 0 Å². The minimum absolute atomic E-state index is 0.340. The van der Waals surface area contributed by atoms with Crippen molar-refractivity contribution in [2.45, 2.75) is 45.1 Å². The SMILES string of the molecule is CCC1(C(NC)c2cc3ccccc3o2)CCCC1. The van der Waals surface area contributed by atoms with Crippen LogP contribution in [-0.2, 0) is 0 Å². The van der Waals surface area contributed by atoms with Gasteiger partial charge < -0.3 is 9.73 Å². The zero-order valence-corrected chi connectivity index (χ0v) is 11.9. The van der Waals surface area contributed by atoms with Crippen molar-refractivity contribution >= 4 is 11.0 Å². The van der Waals surface area contributed by atoms with Gasteiger partial charge in [-0.25, -0.2) is 0 Å². The van der Waals surface area contributed by atoms with Gasteiger partial charge in [0, 0.05) is 5.39 Å². The van der Waals surface area contributed by atoms with E-state index >= 15 is 0 Å². The van der Waals surface area contributed by atoms with Gasteiger partial charge in [0.1, 0.15) is 11.3 Å². The fraction of sp³-hybridized carbons (Fsp3) is 0.529. The normalized spacial score (nSPS) is 19.9. The lowest BCUT2D eigenvalue weighted by molar-refractivity contribution is 0.175. The standard InChI is InChI=1S/C17H23NO/c1-3-17(10-6-7-11-17)16(18-2)15-12-13-8-4-5-9-14(13)19-15/h4-5,8-9,12,16,18H,3,6-7,10-11H2,1-2H3. The van der Waals surface area contributed by atoms with Gasteiger partial charge in [0.25, 0.3) is 0 Å². The topological polar surface area (TPSA) is 25.2 Å². The minimum atomic E-state index is 0.340. The van der Waals surface area contributed by atoms with Crippen LogP contribution in [0, 0.1) is 5.41 Å². The highest BCUT2D eigenvalue weighted by atomic mass is 16.3. The van der Waals surface area contributed by atoms with Gasteiger partial charge in [-0.2, -0.15) is 0 Å². The number of furan rings is 1. The summed E-state index contributed by atoms with van der Waals surface area (Å²) in [6.45, 7) is 2.32. The first-order chi connectivity index (χ1) is 9.29. The minimum Gasteiger partial charge on any atom is -0.459 e. The lowest BCUT2D eigenvalue weighted by atomic mass is 9.75. The zero-order chi connectivity index (χ0) is 13.3. The number of para-hydroxylation sites is 1. The van der Waals surface area contributed by atoms with E-state index in [1.807, 2.05) is 6.07 Å². The Morgan fingerprint density at radius 3 is 2.63 bits per heavy atom. The van der Waals surface area contributed by atoms with E-state index in [9.17, 15) is 0 Å². The quantitative estimate of drug-likeness (QED) is 0.861. The molecule has 2 aromatic rings. The summed E-state index contributed by atoms with van der Waals surface area (Å²) in [6.07, 6.45) is 6.55. The molecule has 0 spiro atoms. The van der Waals surface area contributed by atoms with Crippen LogP contribution in [0.25, 0.3) is 11.0 Å². The molecule has 2 heteroatoms. The molecule has 1 fully saturated rings. The van der Waals surface area contributed by atoms with Crippen LogP contribution in [0.15, 0.2) is 34.7 Å². The Morgan fingerprint density at radius 1 is 1.26 bits per heavy atom. The van der Waals surface area contributed by atoms with E-state index in [1.165, 1.54) is 37.5 Å². The van der Waals surface area contributed by atoms with E-state index in [-0.39, 0.29) is 0 Å². The van der Waals surface area contributed by atoms with Crippen molar-refractivity contribution in [3.05, 3.63) is 36.1 Å². The molecule has 0 aliphatic heterocycles. The molecule has 2 nitrogen and oxygen atoms in total. The Kier molecular flexibility index (Phi) is 3.36. The first-order valence-corrected chi connectivity index (χ1v) is 7.45. The van der Waals surface area contributed by atoms with Gasteiger partial charge >= 0.3 is 0 Å². The maximum atomic E-state index is 6.10. The molecule has 1 saturated carbocycles. The Labute approximate surface area is 115 Å². The van der Waals surface area contributed by atoms with Crippen molar-refractivity contribution < 1.29 is 4.42 Å². The molecule has 0 radical (unpaired) electrons. The van der Waals surface area contributed by atoms with Crippen LogP contribution in [-0.4, -0.2) is 7.05 Å². The van der Waals surface area contributed by atoms with E-state index in [1.54, 1.807) is 0 Å². The van der Waals surface area contributed by atoms with E-state index in [0.29, 0.717) is 11.5 Å². The molecule has 1 N–H and O–H groups in total. The predicted molar refractivity (Wildman–Crippen MR) is 79.2 cm³/mol. The van der Waals surface area contributed by atoms with E-state index < -0.39 is 0 Å². The maximum Gasteiger partial charge on any atom is 0.134 e. The van der Waals surface area contributed by atoms with Crippen molar-refractivity contribution in [3.8, 4) is 0 Å². The van der Waals surface area contributed by atoms with Crippen LogP contribution < -0.4 is 5.32 Å². The zero-order valence-electron chi connectivity index (χ0n) is 11.9. The summed E-state index contributed by atoms with van der Waals surface area (Å²) in [5, 5.41) is 4.73. The van der Waals surface area contributed by atoms with Crippen molar-refractivity contribution in [3.63, 3.8) is 0 Å². The van der Waals surface area contributed by atoms with Crippen LogP contribution in [0.5, 0.6) is 0 Å². The van der Waals surface area contributed by atoms with Gasteiger partial charge in [-0.05, 0) is 43.9 Å². The van der Waals surface area contributed by atoms with Gasteiger partial charge in [-0.3, -0.25) is 0 Å². The summed E-state index contributed by atoms with van der Waals surface area (Å²) in [5.74, 6) is 1.10. The summed E-state index contributed by atoms with van der Waals surface area (Å²) >= 11 is 0. The van der Waals surface area contributed by atoms with Crippen LogP contribution >= 0.6 is 0 Å². The van der Waals surface area contributed by atoms with E-state index in [2.05, 4.69) is 43.6 Å². The van der Waals surface area contributed by atoms with Crippen LogP contribution in [0.1, 0.15) is 50.8 Å². The lowest BCUT2D eigenvalue weighted by Gasteiger charge is -2.35.